The van der Waals surface area contributed by atoms with E-state index in [9.17, 15) is 13.2 Å². The van der Waals surface area contributed by atoms with Crippen LogP contribution >= 0.6 is 0 Å². The number of nitrogens with one attached hydrogen (secondary N) is 1. The molecule has 1 N–H and O–H groups in total. The quantitative estimate of drug-likeness (QED) is 0.674. The Morgan fingerprint density at radius 1 is 1.08 bits per heavy atom. The molecule has 0 aromatic carbocycles. The van der Waals surface area contributed by atoms with Crippen LogP contribution in [0.5, 0.6) is 0 Å². The highest BCUT2D eigenvalue weighted by Gasteiger charge is 2.50. The first kappa shape index (κ1) is 9.31. The molecular formula is C9H14F3N. The van der Waals surface area contributed by atoms with Crippen LogP contribution in [0, 0.1) is 11.8 Å². The number of hydrogen-bond donors (Lipinski definition) is 1. The van der Waals surface area contributed by atoms with Crippen LogP contribution in [-0.2, 0) is 0 Å². The van der Waals surface area contributed by atoms with Crippen molar-refractivity contribution >= 4 is 0 Å². The Hall–Kier alpha value is -0.250. The van der Waals surface area contributed by atoms with Crippen LogP contribution in [0.25, 0.3) is 0 Å². The van der Waals surface area contributed by atoms with Crippen molar-refractivity contribution in [1.82, 2.24) is 5.32 Å². The highest BCUT2D eigenvalue weighted by molar-refractivity contribution is 4.95. The molecule has 2 unspecified atom stereocenters. The topological polar surface area (TPSA) is 12.0 Å². The van der Waals surface area contributed by atoms with E-state index in [-0.39, 0.29) is 6.04 Å². The highest BCUT2D eigenvalue weighted by atomic mass is 19.4. The molecule has 2 aliphatic rings. The van der Waals surface area contributed by atoms with E-state index in [1.807, 2.05) is 0 Å². The molecule has 1 saturated heterocycles. The first-order valence-electron chi connectivity index (χ1n) is 4.89. The Labute approximate surface area is 75.7 Å². The fourth-order valence-electron chi connectivity index (χ4n) is 2.23. The second kappa shape index (κ2) is 3.15. The van der Waals surface area contributed by atoms with Crippen molar-refractivity contribution in [3.63, 3.8) is 0 Å². The van der Waals surface area contributed by atoms with Gasteiger partial charge >= 0.3 is 6.18 Å². The number of hydrogen-bond acceptors (Lipinski definition) is 1. The van der Waals surface area contributed by atoms with Gasteiger partial charge in [0.1, 0.15) is 0 Å². The lowest BCUT2D eigenvalue weighted by Crippen LogP contribution is -2.48. The van der Waals surface area contributed by atoms with Gasteiger partial charge < -0.3 is 5.32 Å². The smallest absolute Gasteiger partial charge is 0.313 e. The average Bonchev–Trinajstić information content (AvgIpc) is 2.85. The van der Waals surface area contributed by atoms with Gasteiger partial charge in [-0.25, -0.2) is 0 Å². The molecule has 0 aromatic heterocycles. The minimum atomic E-state index is -4.00. The van der Waals surface area contributed by atoms with Crippen molar-refractivity contribution in [2.45, 2.75) is 37.9 Å². The average molecular weight is 193 g/mol. The Bertz CT molecular complexity index is 186. The molecule has 1 nitrogen and oxygen atoms in total. The van der Waals surface area contributed by atoms with Crippen molar-refractivity contribution in [2.24, 2.45) is 11.8 Å². The van der Waals surface area contributed by atoms with Crippen molar-refractivity contribution in [2.75, 3.05) is 6.54 Å². The van der Waals surface area contributed by atoms with Crippen LogP contribution in [0.2, 0.25) is 0 Å². The predicted molar refractivity (Wildman–Crippen MR) is 43.3 cm³/mol. The third kappa shape index (κ3) is 1.98. The monoisotopic (exact) mass is 193 g/mol. The van der Waals surface area contributed by atoms with Crippen LogP contribution in [0.1, 0.15) is 25.7 Å². The molecule has 1 saturated carbocycles. The van der Waals surface area contributed by atoms with Gasteiger partial charge in [0.2, 0.25) is 0 Å². The molecule has 0 amide bonds. The zero-order valence-corrected chi connectivity index (χ0v) is 7.40. The van der Waals surface area contributed by atoms with Crippen LogP contribution in [0.3, 0.4) is 0 Å². The maximum Gasteiger partial charge on any atom is 0.393 e. The first-order valence-corrected chi connectivity index (χ1v) is 4.89. The molecule has 0 radical (unpaired) electrons. The van der Waals surface area contributed by atoms with E-state index in [0.29, 0.717) is 18.8 Å². The highest BCUT2D eigenvalue weighted by Crippen LogP contribution is 2.44. The summed E-state index contributed by atoms with van der Waals surface area (Å²) in [6.07, 6.45) is -1.07. The lowest BCUT2D eigenvalue weighted by Gasteiger charge is -2.34. The van der Waals surface area contributed by atoms with Crippen LogP contribution in [-0.4, -0.2) is 18.8 Å². The van der Waals surface area contributed by atoms with Crippen LogP contribution < -0.4 is 5.32 Å². The molecule has 2 rings (SSSR count). The number of piperidine rings is 1. The van der Waals surface area contributed by atoms with Gasteiger partial charge in [-0.2, -0.15) is 13.2 Å². The van der Waals surface area contributed by atoms with E-state index >= 15 is 0 Å². The SMILES string of the molecule is FC(F)(F)C1CCCNC1C1CC1. The van der Waals surface area contributed by atoms with E-state index in [1.54, 1.807) is 0 Å². The molecule has 13 heavy (non-hydrogen) atoms. The Morgan fingerprint density at radius 2 is 1.77 bits per heavy atom. The Kier molecular flexibility index (Phi) is 2.26. The lowest BCUT2D eigenvalue weighted by atomic mass is 9.87. The minimum absolute atomic E-state index is 0.284. The summed E-state index contributed by atoms with van der Waals surface area (Å²) in [7, 11) is 0. The maximum absolute atomic E-state index is 12.5. The second-order valence-electron chi connectivity index (χ2n) is 4.11. The Morgan fingerprint density at radius 3 is 2.31 bits per heavy atom. The first-order chi connectivity index (χ1) is 6.09. The summed E-state index contributed by atoms with van der Waals surface area (Å²) in [5.74, 6) is -0.791. The summed E-state index contributed by atoms with van der Waals surface area (Å²) in [4.78, 5) is 0. The predicted octanol–water partition coefficient (Wildman–Crippen LogP) is 2.33. The normalized spacial score (nSPS) is 36.2. The molecule has 76 valence electrons. The summed E-state index contributed by atoms with van der Waals surface area (Å²) in [6, 6.07) is -0.284. The van der Waals surface area contributed by atoms with Gasteiger partial charge in [0.05, 0.1) is 5.92 Å². The molecule has 0 bridgehead atoms. The second-order valence-corrected chi connectivity index (χ2v) is 4.11. The van der Waals surface area contributed by atoms with Crippen molar-refractivity contribution < 1.29 is 13.2 Å². The van der Waals surface area contributed by atoms with Crippen molar-refractivity contribution in [3.05, 3.63) is 0 Å². The van der Waals surface area contributed by atoms with Gasteiger partial charge in [-0.15, -0.1) is 0 Å². The Balaban J connectivity index is 2.03. The molecule has 2 fully saturated rings. The van der Waals surface area contributed by atoms with Crippen molar-refractivity contribution in [1.29, 1.82) is 0 Å². The molecule has 1 aliphatic carbocycles. The standard InChI is InChI=1S/C9H14F3N/c10-9(11,12)7-2-1-5-13-8(7)6-3-4-6/h6-8,13H,1-5H2. The molecular weight excluding hydrogens is 179 g/mol. The minimum Gasteiger partial charge on any atom is -0.313 e. The molecule has 0 aromatic rings. The molecule has 1 heterocycles. The van der Waals surface area contributed by atoms with Gasteiger partial charge in [0.25, 0.3) is 0 Å². The largest absolute Gasteiger partial charge is 0.393 e. The van der Waals surface area contributed by atoms with E-state index in [0.717, 1.165) is 19.4 Å². The van der Waals surface area contributed by atoms with Crippen molar-refractivity contribution in [3.8, 4) is 0 Å². The molecule has 4 heteroatoms. The van der Waals surface area contributed by atoms with E-state index in [2.05, 4.69) is 5.32 Å². The van der Waals surface area contributed by atoms with E-state index in [4.69, 9.17) is 0 Å². The van der Waals surface area contributed by atoms with E-state index in [1.165, 1.54) is 0 Å². The van der Waals surface area contributed by atoms with E-state index < -0.39 is 12.1 Å². The van der Waals surface area contributed by atoms with Gasteiger partial charge in [0.15, 0.2) is 0 Å². The van der Waals surface area contributed by atoms with Gasteiger partial charge in [0, 0.05) is 6.04 Å². The zero-order valence-electron chi connectivity index (χ0n) is 7.40. The number of alkyl halides is 3. The van der Waals surface area contributed by atoms with Gasteiger partial charge in [-0.05, 0) is 38.1 Å². The fraction of sp³-hybridized carbons (Fsp3) is 1.00. The van der Waals surface area contributed by atoms with Crippen LogP contribution in [0.4, 0.5) is 13.2 Å². The third-order valence-electron chi connectivity index (χ3n) is 3.06. The van der Waals surface area contributed by atoms with Crippen LogP contribution in [0.15, 0.2) is 0 Å². The summed E-state index contributed by atoms with van der Waals surface area (Å²) < 4.78 is 37.6. The summed E-state index contributed by atoms with van der Waals surface area (Å²) in [6.45, 7) is 0.758. The molecule has 2 atom stereocenters. The fourth-order valence-corrected chi connectivity index (χ4v) is 2.23. The summed E-state index contributed by atoms with van der Waals surface area (Å²) >= 11 is 0. The summed E-state index contributed by atoms with van der Waals surface area (Å²) in [5.41, 5.74) is 0. The zero-order chi connectivity index (χ0) is 9.47. The van der Waals surface area contributed by atoms with Gasteiger partial charge in [-0.3, -0.25) is 0 Å². The van der Waals surface area contributed by atoms with Gasteiger partial charge in [-0.1, -0.05) is 0 Å². The molecule has 1 aliphatic heterocycles. The maximum atomic E-state index is 12.5. The molecule has 0 spiro atoms. The third-order valence-corrected chi connectivity index (χ3v) is 3.06. The number of halogens is 3. The number of rotatable bonds is 1. The lowest BCUT2D eigenvalue weighted by molar-refractivity contribution is -0.189. The summed E-state index contributed by atoms with van der Waals surface area (Å²) in [5, 5.41) is 3.02.